The summed E-state index contributed by atoms with van der Waals surface area (Å²) in [5.74, 6) is -0.453. The van der Waals surface area contributed by atoms with E-state index in [1.165, 1.54) is 11.3 Å². The van der Waals surface area contributed by atoms with Crippen molar-refractivity contribution in [2.75, 3.05) is 31.2 Å². The molecule has 5 nitrogen and oxygen atoms in total. The smallest absolute Gasteiger partial charge is 0.349 e. The van der Waals surface area contributed by atoms with E-state index in [0.29, 0.717) is 18.1 Å². The second kappa shape index (κ2) is 7.47. The number of nitriles is 1. The van der Waals surface area contributed by atoms with Crippen molar-refractivity contribution in [1.29, 1.82) is 5.26 Å². The Labute approximate surface area is 145 Å². The SMILES string of the molecule is C[C@@H](C#N)OC(=O)c1cc(-c2ccccc2)c(N2CCOCC2)s1. The average Bonchev–Trinajstić information content (AvgIpc) is 3.08. The Morgan fingerprint density at radius 1 is 1.33 bits per heavy atom. The molecule has 1 aromatic carbocycles. The number of ether oxygens (including phenoxy) is 2. The molecular formula is C18H18N2O3S. The first-order chi connectivity index (χ1) is 11.7. The van der Waals surface area contributed by atoms with Crippen LogP contribution in [0.3, 0.4) is 0 Å². The van der Waals surface area contributed by atoms with E-state index in [1.54, 1.807) is 6.92 Å². The number of rotatable bonds is 4. The van der Waals surface area contributed by atoms with Gasteiger partial charge in [-0.3, -0.25) is 0 Å². The van der Waals surface area contributed by atoms with Crippen molar-refractivity contribution in [1.82, 2.24) is 0 Å². The number of anilines is 1. The molecule has 0 amide bonds. The molecule has 0 radical (unpaired) electrons. The lowest BCUT2D eigenvalue weighted by Gasteiger charge is -2.28. The summed E-state index contributed by atoms with van der Waals surface area (Å²) in [6, 6.07) is 13.8. The second-order valence-electron chi connectivity index (χ2n) is 5.47. The Morgan fingerprint density at radius 3 is 2.71 bits per heavy atom. The highest BCUT2D eigenvalue weighted by Gasteiger charge is 2.23. The van der Waals surface area contributed by atoms with Gasteiger partial charge in [0.1, 0.15) is 10.9 Å². The van der Waals surface area contributed by atoms with Gasteiger partial charge in [-0.05, 0) is 18.6 Å². The maximum Gasteiger partial charge on any atom is 0.349 e. The summed E-state index contributed by atoms with van der Waals surface area (Å²) in [6.07, 6.45) is -0.758. The van der Waals surface area contributed by atoms with E-state index < -0.39 is 12.1 Å². The highest BCUT2D eigenvalue weighted by Crippen LogP contribution is 2.39. The third-order valence-electron chi connectivity index (χ3n) is 3.76. The number of thiophene rings is 1. The fraction of sp³-hybridized carbons (Fsp3) is 0.333. The fourth-order valence-corrected chi connectivity index (χ4v) is 3.67. The molecule has 1 fully saturated rings. The molecule has 2 heterocycles. The van der Waals surface area contributed by atoms with Crippen molar-refractivity contribution in [3.8, 4) is 17.2 Å². The maximum atomic E-state index is 12.3. The lowest BCUT2D eigenvalue weighted by atomic mass is 10.1. The number of carbonyl (C=O) groups is 1. The molecular weight excluding hydrogens is 324 g/mol. The van der Waals surface area contributed by atoms with Gasteiger partial charge in [0.25, 0.3) is 0 Å². The van der Waals surface area contributed by atoms with Gasteiger partial charge in [-0.1, -0.05) is 30.3 Å². The minimum absolute atomic E-state index is 0.453. The Hall–Kier alpha value is -2.36. The molecule has 2 aromatic rings. The first-order valence-electron chi connectivity index (χ1n) is 7.81. The molecule has 1 atom stereocenters. The Bertz CT molecular complexity index is 745. The van der Waals surface area contributed by atoms with Crippen LogP contribution in [0.15, 0.2) is 36.4 Å². The van der Waals surface area contributed by atoms with Gasteiger partial charge in [0, 0.05) is 18.7 Å². The predicted octanol–water partition coefficient (Wildman–Crippen LogP) is 3.32. The highest BCUT2D eigenvalue weighted by molar-refractivity contribution is 7.18. The molecule has 0 saturated carbocycles. The summed E-state index contributed by atoms with van der Waals surface area (Å²) >= 11 is 1.41. The van der Waals surface area contributed by atoms with E-state index in [-0.39, 0.29) is 0 Å². The number of nitrogens with zero attached hydrogens (tertiary/aromatic N) is 2. The van der Waals surface area contributed by atoms with E-state index in [1.807, 2.05) is 42.5 Å². The van der Waals surface area contributed by atoms with Gasteiger partial charge in [-0.25, -0.2) is 4.79 Å². The van der Waals surface area contributed by atoms with E-state index in [0.717, 1.165) is 29.2 Å². The summed E-state index contributed by atoms with van der Waals surface area (Å²) < 4.78 is 10.6. The summed E-state index contributed by atoms with van der Waals surface area (Å²) in [5.41, 5.74) is 2.07. The zero-order chi connectivity index (χ0) is 16.9. The zero-order valence-corrected chi connectivity index (χ0v) is 14.2. The van der Waals surface area contributed by atoms with Crippen LogP contribution in [-0.2, 0) is 9.47 Å². The van der Waals surface area contributed by atoms with Crippen molar-refractivity contribution in [3.63, 3.8) is 0 Å². The molecule has 3 rings (SSSR count). The van der Waals surface area contributed by atoms with Gasteiger partial charge in [-0.15, -0.1) is 11.3 Å². The van der Waals surface area contributed by atoms with Gasteiger partial charge < -0.3 is 14.4 Å². The van der Waals surface area contributed by atoms with E-state index in [9.17, 15) is 4.79 Å². The van der Waals surface area contributed by atoms with Crippen LogP contribution in [0.5, 0.6) is 0 Å². The Balaban J connectivity index is 1.96. The molecule has 1 saturated heterocycles. The number of benzene rings is 1. The molecule has 0 spiro atoms. The number of morpholine rings is 1. The summed E-state index contributed by atoms with van der Waals surface area (Å²) in [4.78, 5) is 15.0. The topological polar surface area (TPSA) is 62.6 Å². The molecule has 1 aromatic heterocycles. The van der Waals surface area contributed by atoms with E-state index in [2.05, 4.69) is 4.90 Å². The third-order valence-corrected chi connectivity index (χ3v) is 4.94. The van der Waals surface area contributed by atoms with E-state index >= 15 is 0 Å². The minimum Gasteiger partial charge on any atom is -0.443 e. The molecule has 0 bridgehead atoms. The van der Waals surface area contributed by atoms with Crippen LogP contribution in [0.2, 0.25) is 0 Å². The standard InChI is InChI=1S/C18H18N2O3S/c1-13(12-19)23-18(21)16-11-15(14-5-3-2-4-6-14)17(24-16)20-7-9-22-10-8-20/h2-6,11,13H,7-10H2,1H3/t13-/m0/s1. The number of hydrogen-bond acceptors (Lipinski definition) is 6. The molecule has 124 valence electrons. The predicted molar refractivity (Wildman–Crippen MR) is 93.3 cm³/mol. The van der Waals surface area contributed by atoms with Gasteiger partial charge in [-0.2, -0.15) is 5.26 Å². The third kappa shape index (κ3) is 3.58. The first kappa shape index (κ1) is 16.5. The molecule has 1 aliphatic heterocycles. The monoisotopic (exact) mass is 342 g/mol. The van der Waals surface area contributed by atoms with Crippen LogP contribution in [0.4, 0.5) is 5.00 Å². The van der Waals surface area contributed by atoms with Crippen LogP contribution < -0.4 is 4.90 Å². The van der Waals surface area contributed by atoms with Crippen molar-refractivity contribution in [2.45, 2.75) is 13.0 Å². The maximum absolute atomic E-state index is 12.3. The van der Waals surface area contributed by atoms with Crippen LogP contribution >= 0.6 is 11.3 Å². The normalized spacial score (nSPS) is 15.6. The molecule has 24 heavy (non-hydrogen) atoms. The molecule has 0 aliphatic carbocycles. The lowest BCUT2D eigenvalue weighted by molar-refractivity contribution is 0.0441. The minimum atomic E-state index is -0.758. The van der Waals surface area contributed by atoms with Crippen LogP contribution in [0.25, 0.3) is 11.1 Å². The van der Waals surface area contributed by atoms with Crippen LogP contribution in [0, 0.1) is 11.3 Å². The fourth-order valence-electron chi connectivity index (χ4n) is 2.55. The quantitative estimate of drug-likeness (QED) is 0.798. The number of carbonyl (C=O) groups excluding carboxylic acids is 1. The van der Waals surface area contributed by atoms with Crippen molar-refractivity contribution in [2.24, 2.45) is 0 Å². The van der Waals surface area contributed by atoms with Crippen LogP contribution in [-0.4, -0.2) is 38.4 Å². The Morgan fingerprint density at radius 2 is 2.04 bits per heavy atom. The van der Waals surface area contributed by atoms with Gasteiger partial charge >= 0.3 is 5.97 Å². The molecule has 0 N–H and O–H groups in total. The van der Waals surface area contributed by atoms with Crippen molar-refractivity contribution < 1.29 is 14.3 Å². The summed E-state index contributed by atoms with van der Waals surface area (Å²) in [5, 5.41) is 9.87. The number of hydrogen-bond donors (Lipinski definition) is 0. The summed E-state index contributed by atoms with van der Waals surface area (Å²) in [7, 11) is 0. The highest BCUT2D eigenvalue weighted by atomic mass is 32.1. The largest absolute Gasteiger partial charge is 0.443 e. The first-order valence-corrected chi connectivity index (χ1v) is 8.63. The van der Waals surface area contributed by atoms with Gasteiger partial charge in [0.15, 0.2) is 6.10 Å². The zero-order valence-electron chi connectivity index (χ0n) is 13.4. The second-order valence-corrected chi connectivity index (χ2v) is 6.50. The molecule has 0 unspecified atom stereocenters. The van der Waals surface area contributed by atoms with Gasteiger partial charge in [0.05, 0.1) is 18.2 Å². The van der Waals surface area contributed by atoms with Crippen molar-refractivity contribution in [3.05, 3.63) is 41.3 Å². The van der Waals surface area contributed by atoms with E-state index in [4.69, 9.17) is 14.7 Å². The molecule has 1 aliphatic rings. The Kier molecular flexibility index (Phi) is 5.14. The van der Waals surface area contributed by atoms with Crippen molar-refractivity contribution >= 4 is 22.3 Å². The van der Waals surface area contributed by atoms with Crippen LogP contribution in [0.1, 0.15) is 16.6 Å². The summed E-state index contributed by atoms with van der Waals surface area (Å²) in [6.45, 7) is 4.51. The lowest BCUT2D eigenvalue weighted by Crippen LogP contribution is -2.35. The van der Waals surface area contributed by atoms with Gasteiger partial charge in [0.2, 0.25) is 0 Å². The number of esters is 1. The molecule has 6 heteroatoms. The average molecular weight is 342 g/mol.